The van der Waals surface area contributed by atoms with Crippen molar-refractivity contribution in [2.45, 2.75) is 6.54 Å². The van der Waals surface area contributed by atoms with Crippen LogP contribution in [0.15, 0.2) is 34.1 Å². The van der Waals surface area contributed by atoms with Crippen LogP contribution in [0.3, 0.4) is 0 Å². The number of phenolic OH excluding ortho intramolecular Hbond substituents is 1. The van der Waals surface area contributed by atoms with Crippen molar-refractivity contribution in [1.82, 2.24) is 4.90 Å². The van der Waals surface area contributed by atoms with Gasteiger partial charge in [0, 0.05) is 21.8 Å². The van der Waals surface area contributed by atoms with Crippen LogP contribution in [-0.2, 0) is 6.54 Å². The maximum Gasteiger partial charge on any atom is 0.257 e. The van der Waals surface area contributed by atoms with Crippen LogP contribution in [-0.4, -0.2) is 30.1 Å². The summed E-state index contributed by atoms with van der Waals surface area (Å²) >= 11 is 4.96. The third-order valence-corrected chi connectivity index (χ3v) is 4.49. The number of thiophene rings is 1. The molecule has 0 atom stereocenters. The highest BCUT2D eigenvalue weighted by Gasteiger charge is 2.18. The van der Waals surface area contributed by atoms with Crippen molar-refractivity contribution in [1.29, 1.82) is 0 Å². The van der Waals surface area contributed by atoms with Crippen LogP contribution >= 0.6 is 27.3 Å². The van der Waals surface area contributed by atoms with Crippen molar-refractivity contribution in [3.8, 4) is 11.5 Å². The summed E-state index contributed by atoms with van der Waals surface area (Å²) in [7, 11) is 3.16. The van der Waals surface area contributed by atoms with Gasteiger partial charge in [-0.2, -0.15) is 0 Å². The van der Waals surface area contributed by atoms with Gasteiger partial charge in [-0.15, -0.1) is 11.3 Å². The Morgan fingerprint density at radius 2 is 2.25 bits per heavy atom. The van der Waals surface area contributed by atoms with Crippen LogP contribution in [0.4, 0.5) is 0 Å². The lowest BCUT2D eigenvalue weighted by Crippen LogP contribution is -2.25. The van der Waals surface area contributed by atoms with Gasteiger partial charge in [-0.1, -0.05) is 6.07 Å². The van der Waals surface area contributed by atoms with Crippen molar-refractivity contribution in [2.75, 3.05) is 14.2 Å². The quantitative estimate of drug-likeness (QED) is 0.912. The summed E-state index contributed by atoms with van der Waals surface area (Å²) in [4.78, 5) is 15.0. The van der Waals surface area contributed by atoms with Crippen molar-refractivity contribution in [3.05, 3.63) is 44.6 Å². The summed E-state index contributed by atoms with van der Waals surface area (Å²) < 4.78 is 6.01. The van der Waals surface area contributed by atoms with Gasteiger partial charge in [0.15, 0.2) is 11.5 Å². The third-order valence-electron chi connectivity index (χ3n) is 2.81. The molecule has 1 N–H and O–H groups in total. The first kappa shape index (κ1) is 14.9. The summed E-state index contributed by atoms with van der Waals surface area (Å²) in [6, 6.07) is 6.85. The molecule has 0 aliphatic carbocycles. The average Bonchev–Trinajstić information content (AvgIpc) is 2.83. The number of hydrogen-bond donors (Lipinski definition) is 1. The lowest BCUT2D eigenvalue weighted by molar-refractivity contribution is 0.0783. The van der Waals surface area contributed by atoms with E-state index in [4.69, 9.17) is 4.74 Å². The molecule has 0 aliphatic heterocycles. The van der Waals surface area contributed by atoms with E-state index >= 15 is 0 Å². The maximum atomic E-state index is 12.3. The first-order valence-corrected chi connectivity index (χ1v) is 7.54. The van der Waals surface area contributed by atoms with Crippen LogP contribution in [0.1, 0.15) is 15.2 Å². The highest BCUT2D eigenvalue weighted by molar-refractivity contribution is 9.10. The number of hydrogen-bond acceptors (Lipinski definition) is 4. The van der Waals surface area contributed by atoms with Crippen LogP contribution in [0.2, 0.25) is 0 Å². The Kier molecular flexibility index (Phi) is 4.67. The zero-order valence-corrected chi connectivity index (χ0v) is 13.5. The molecule has 6 heteroatoms. The molecule has 0 saturated heterocycles. The van der Waals surface area contributed by atoms with Crippen molar-refractivity contribution < 1.29 is 14.6 Å². The van der Waals surface area contributed by atoms with E-state index in [-0.39, 0.29) is 17.2 Å². The van der Waals surface area contributed by atoms with E-state index in [0.717, 1.165) is 9.35 Å². The Morgan fingerprint density at radius 1 is 1.50 bits per heavy atom. The molecule has 2 rings (SSSR count). The number of carbonyl (C=O) groups excluding carboxylic acids is 1. The largest absolute Gasteiger partial charge is 0.504 e. The minimum atomic E-state index is -0.245. The summed E-state index contributed by atoms with van der Waals surface area (Å²) in [6.07, 6.45) is 0. The highest BCUT2D eigenvalue weighted by Crippen LogP contribution is 2.30. The predicted octanol–water partition coefficient (Wildman–Crippen LogP) is 3.50. The Balaban J connectivity index is 2.18. The van der Waals surface area contributed by atoms with E-state index in [9.17, 15) is 9.90 Å². The summed E-state index contributed by atoms with van der Waals surface area (Å²) in [6.45, 7) is 0.492. The molecule has 1 heterocycles. The average molecular weight is 356 g/mol. The third kappa shape index (κ3) is 3.13. The number of carbonyl (C=O) groups is 1. The molecule has 0 spiro atoms. The summed E-state index contributed by atoms with van der Waals surface area (Å²) in [5.74, 6) is -0.0757. The fourth-order valence-corrected chi connectivity index (χ4v) is 3.31. The Hall–Kier alpha value is -1.53. The molecule has 1 amide bonds. The number of rotatable bonds is 4. The zero-order valence-electron chi connectivity index (χ0n) is 11.1. The fraction of sp³-hybridized carbons (Fsp3) is 0.214. The van der Waals surface area contributed by atoms with Crippen LogP contribution in [0.5, 0.6) is 11.5 Å². The molecule has 106 valence electrons. The van der Waals surface area contributed by atoms with Gasteiger partial charge in [0.05, 0.1) is 19.2 Å². The molecular formula is C14H14BrNO3S. The number of ether oxygens (including phenoxy) is 1. The maximum absolute atomic E-state index is 12.3. The predicted molar refractivity (Wildman–Crippen MR) is 82.5 cm³/mol. The lowest BCUT2D eigenvalue weighted by atomic mass is 10.1. The second-order valence-corrected chi connectivity index (χ2v) is 6.16. The van der Waals surface area contributed by atoms with Crippen molar-refractivity contribution in [3.63, 3.8) is 0 Å². The molecule has 0 fully saturated rings. The number of nitrogens with zero attached hydrogens (tertiary/aromatic N) is 1. The van der Waals surface area contributed by atoms with E-state index in [1.165, 1.54) is 7.11 Å². The summed E-state index contributed by atoms with van der Waals surface area (Å²) in [5, 5.41) is 12.0. The standard InChI is InChI=1S/C14H14BrNO3S/c1-16(7-10-6-9(15)8-20-10)14(18)11-4-3-5-12(19-2)13(11)17/h3-6,8,17H,7H2,1-2H3. The monoisotopic (exact) mass is 355 g/mol. The number of methoxy groups -OCH3 is 1. The topological polar surface area (TPSA) is 49.8 Å². The molecule has 2 aromatic rings. The number of aromatic hydroxyl groups is 1. The van der Waals surface area contributed by atoms with Crippen molar-refractivity contribution >= 4 is 33.2 Å². The van der Waals surface area contributed by atoms with Gasteiger partial charge in [0.25, 0.3) is 5.91 Å². The molecule has 4 nitrogen and oxygen atoms in total. The number of phenols is 1. The fourth-order valence-electron chi connectivity index (χ4n) is 1.81. The number of amides is 1. The van der Waals surface area contributed by atoms with E-state index < -0.39 is 0 Å². The first-order valence-electron chi connectivity index (χ1n) is 5.87. The van der Waals surface area contributed by atoms with E-state index in [2.05, 4.69) is 15.9 Å². The molecule has 20 heavy (non-hydrogen) atoms. The molecule has 0 saturated carbocycles. The highest BCUT2D eigenvalue weighted by atomic mass is 79.9. The molecule has 0 aliphatic rings. The van der Waals surface area contributed by atoms with E-state index in [1.807, 2.05) is 11.4 Å². The van der Waals surface area contributed by atoms with E-state index in [1.54, 1.807) is 41.5 Å². The molecular weight excluding hydrogens is 342 g/mol. The molecule has 1 aromatic carbocycles. The lowest BCUT2D eigenvalue weighted by Gasteiger charge is -2.17. The minimum Gasteiger partial charge on any atom is -0.504 e. The van der Waals surface area contributed by atoms with Crippen molar-refractivity contribution in [2.24, 2.45) is 0 Å². The van der Waals surface area contributed by atoms with Gasteiger partial charge in [-0.05, 0) is 34.1 Å². The van der Waals surface area contributed by atoms with Gasteiger partial charge >= 0.3 is 0 Å². The molecule has 0 unspecified atom stereocenters. The van der Waals surface area contributed by atoms with Crippen LogP contribution in [0.25, 0.3) is 0 Å². The smallest absolute Gasteiger partial charge is 0.257 e. The number of para-hydroxylation sites is 1. The van der Waals surface area contributed by atoms with Gasteiger partial charge in [-0.3, -0.25) is 4.79 Å². The normalized spacial score (nSPS) is 10.3. The molecule has 0 bridgehead atoms. The van der Waals surface area contributed by atoms with Gasteiger partial charge in [0.2, 0.25) is 0 Å². The Labute approximate surface area is 129 Å². The van der Waals surface area contributed by atoms with Crippen LogP contribution in [0, 0.1) is 0 Å². The Bertz CT molecular complexity index is 627. The first-order chi connectivity index (χ1) is 9.52. The number of benzene rings is 1. The van der Waals surface area contributed by atoms with Gasteiger partial charge in [0.1, 0.15) is 0 Å². The van der Waals surface area contributed by atoms with Gasteiger partial charge < -0.3 is 14.7 Å². The molecule has 0 radical (unpaired) electrons. The van der Waals surface area contributed by atoms with E-state index in [0.29, 0.717) is 12.3 Å². The number of halogens is 1. The van der Waals surface area contributed by atoms with Gasteiger partial charge in [-0.25, -0.2) is 0 Å². The zero-order chi connectivity index (χ0) is 14.7. The van der Waals surface area contributed by atoms with Crippen LogP contribution < -0.4 is 4.74 Å². The molecule has 1 aromatic heterocycles. The second kappa shape index (κ2) is 6.28. The SMILES string of the molecule is COc1cccc(C(=O)N(C)Cc2cc(Br)cs2)c1O. The summed E-state index contributed by atoms with van der Waals surface area (Å²) in [5.41, 5.74) is 0.238. The second-order valence-electron chi connectivity index (χ2n) is 4.25. The minimum absolute atomic E-state index is 0.126. The Morgan fingerprint density at radius 3 is 2.85 bits per heavy atom.